The van der Waals surface area contributed by atoms with Gasteiger partial charge >= 0.3 is 0 Å². The van der Waals surface area contributed by atoms with Gasteiger partial charge in [0, 0.05) is 48.1 Å². The molecule has 0 aliphatic carbocycles. The van der Waals surface area contributed by atoms with Crippen LogP contribution >= 0.6 is 15.9 Å². The fourth-order valence-corrected chi connectivity index (χ4v) is 3.61. The Kier molecular flexibility index (Phi) is 4.64. The van der Waals surface area contributed by atoms with Gasteiger partial charge in [-0.05, 0) is 27.5 Å². The number of carbonyl (C=O) groups excluding carboxylic acids is 1. The number of anilines is 1. The molecule has 0 radical (unpaired) electrons. The summed E-state index contributed by atoms with van der Waals surface area (Å²) in [6.45, 7) is 6.28. The first-order valence-electron chi connectivity index (χ1n) is 7.72. The molecule has 3 heterocycles. The Labute approximate surface area is 147 Å². The number of rotatable bonds is 3. The summed E-state index contributed by atoms with van der Waals surface area (Å²) < 4.78 is 2.91. The van der Waals surface area contributed by atoms with Crippen molar-refractivity contribution in [3.05, 3.63) is 39.1 Å². The quantitative estimate of drug-likeness (QED) is 0.457. The summed E-state index contributed by atoms with van der Waals surface area (Å²) in [7, 11) is 0. The van der Waals surface area contributed by atoms with E-state index in [-0.39, 0.29) is 11.9 Å². The van der Waals surface area contributed by atoms with Crippen LogP contribution in [0.1, 0.15) is 25.5 Å². The molecule has 1 amide bonds. The standard InChI is InChI=1S/C15H18BrN7O/c1-10(19-20-17)12-7-13(16)14-8-18-9-23(14)15(12)22-5-3-21(4-6-22)11(2)24/h7-10H,3-6H2,1-2H3. The highest BCUT2D eigenvalue weighted by Crippen LogP contribution is 2.34. The minimum atomic E-state index is -0.307. The molecule has 0 bridgehead atoms. The lowest BCUT2D eigenvalue weighted by Gasteiger charge is -2.37. The van der Waals surface area contributed by atoms with Crippen LogP contribution in [-0.4, -0.2) is 46.4 Å². The van der Waals surface area contributed by atoms with E-state index in [1.165, 1.54) is 0 Å². The number of aromatic nitrogens is 2. The van der Waals surface area contributed by atoms with E-state index in [2.05, 4.69) is 35.8 Å². The summed E-state index contributed by atoms with van der Waals surface area (Å²) in [6, 6.07) is 1.68. The lowest BCUT2D eigenvalue weighted by atomic mass is 10.1. The first-order chi connectivity index (χ1) is 11.5. The Bertz CT molecular complexity index is 819. The van der Waals surface area contributed by atoms with Crippen LogP contribution in [0.25, 0.3) is 16.0 Å². The Balaban J connectivity index is 2.06. The summed E-state index contributed by atoms with van der Waals surface area (Å²) in [5, 5.41) is 3.86. The molecule has 2 aromatic rings. The number of hydrogen-bond acceptors (Lipinski definition) is 4. The number of piperazine rings is 1. The predicted molar refractivity (Wildman–Crippen MR) is 94.9 cm³/mol. The average molecular weight is 392 g/mol. The number of hydrogen-bond donors (Lipinski definition) is 0. The van der Waals surface area contributed by atoms with E-state index in [1.54, 1.807) is 19.4 Å². The van der Waals surface area contributed by atoms with Gasteiger partial charge in [-0.2, -0.15) is 0 Å². The van der Waals surface area contributed by atoms with Crippen LogP contribution in [0.2, 0.25) is 0 Å². The number of carbonyl (C=O) groups is 1. The molecule has 0 N–H and O–H groups in total. The predicted octanol–water partition coefficient (Wildman–Crippen LogP) is 3.14. The van der Waals surface area contributed by atoms with Crippen LogP contribution < -0.4 is 4.90 Å². The molecule has 8 nitrogen and oxygen atoms in total. The second-order valence-electron chi connectivity index (χ2n) is 5.79. The third kappa shape index (κ3) is 2.92. The van der Waals surface area contributed by atoms with Gasteiger partial charge in [-0.1, -0.05) is 12.0 Å². The van der Waals surface area contributed by atoms with Gasteiger partial charge in [-0.25, -0.2) is 4.98 Å². The van der Waals surface area contributed by atoms with E-state index < -0.39 is 0 Å². The SMILES string of the molecule is CC(=O)N1CCN(c2c(C(C)N=[N+]=[N-])cc(Br)c3cncn23)CC1. The number of pyridine rings is 1. The van der Waals surface area contributed by atoms with E-state index >= 15 is 0 Å². The van der Waals surface area contributed by atoms with Crippen molar-refractivity contribution >= 4 is 33.2 Å². The third-order valence-electron chi connectivity index (χ3n) is 4.35. The Morgan fingerprint density at radius 2 is 2.12 bits per heavy atom. The lowest BCUT2D eigenvalue weighted by molar-refractivity contribution is -0.129. The Morgan fingerprint density at radius 3 is 2.75 bits per heavy atom. The van der Waals surface area contributed by atoms with Gasteiger partial charge in [-0.3, -0.25) is 9.20 Å². The molecule has 1 fully saturated rings. The minimum Gasteiger partial charge on any atom is -0.354 e. The molecule has 0 spiro atoms. The molecule has 126 valence electrons. The highest BCUT2D eigenvalue weighted by atomic mass is 79.9. The summed E-state index contributed by atoms with van der Waals surface area (Å²) >= 11 is 3.57. The van der Waals surface area contributed by atoms with Gasteiger partial charge in [0.25, 0.3) is 0 Å². The first kappa shape index (κ1) is 16.6. The zero-order valence-corrected chi connectivity index (χ0v) is 15.1. The van der Waals surface area contributed by atoms with E-state index in [0.29, 0.717) is 13.1 Å². The van der Waals surface area contributed by atoms with Crippen molar-refractivity contribution in [1.82, 2.24) is 14.3 Å². The summed E-state index contributed by atoms with van der Waals surface area (Å²) in [5.74, 6) is 1.06. The van der Waals surface area contributed by atoms with Gasteiger partial charge in [0.2, 0.25) is 5.91 Å². The van der Waals surface area contributed by atoms with Crippen molar-refractivity contribution in [1.29, 1.82) is 0 Å². The second kappa shape index (κ2) is 6.70. The molecule has 1 saturated heterocycles. The topological polar surface area (TPSA) is 89.6 Å². The van der Waals surface area contributed by atoms with Crippen LogP contribution in [0.5, 0.6) is 0 Å². The number of amides is 1. The number of azide groups is 1. The number of imidazole rings is 1. The number of fused-ring (bicyclic) bond motifs is 1. The Morgan fingerprint density at radius 1 is 1.42 bits per heavy atom. The fraction of sp³-hybridized carbons (Fsp3) is 0.467. The van der Waals surface area contributed by atoms with Crippen molar-refractivity contribution in [3.63, 3.8) is 0 Å². The van der Waals surface area contributed by atoms with Crippen LogP contribution in [0.3, 0.4) is 0 Å². The monoisotopic (exact) mass is 391 g/mol. The average Bonchev–Trinajstić information content (AvgIpc) is 3.05. The van der Waals surface area contributed by atoms with E-state index in [4.69, 9.17) is 5.53 Å². The molecule has 1 unspecified atom stereocenters. The maximum atomic E-state index is 11.5. The number of nitrogens with zero attached hydrogens (tertiary/aromatic N) is 7. The van der Waals surface area contributed by atoms with Gasteiger partial charge < -0.3 is 9.80 Å². The molecule has 1 aliphatic rings. The normalized spacial score (nSPS) is 16.1. The highest BCUT2D eigenvalue weighted by molar-refractivity contribution is 9.10. The van der Waals surface area contributed by atoms with E-state index in [9.17, 15) is 4.79 Å². The highest BCUT2D eigenvalue weighted by Gasteiger charge is 2.25. The lowest BCUT2D eigenvalue weighted by Crippen LogP contribution is -2.48. The van der Waals surface area contributed by atoms with Crippen molar-refractivity contribution in [2.24, 2.45) is 5.11 Å². The van der Waals surface area contributed by atoms with Crippen LogP contribution in [0, 0.1) is 0 Å². The van der Waals surface area contributed by atoms with Crippen LogP contribution in [-0.2, 0) is 4.79 Å². The van der Waals surface area contributed by atoms with Crippen LogP contribution in [0.15, 0.2) is 28.2 Å². The molecule has 2 aromatic heterocycles. The molecule has 0 aromatic carbocycles. The second-order valence-corrected chi connectivity index (χ2v) is 6.65. The summed E-state index contributed by atoms with van der Waals surface area (Å²) in [6.07, 6.45) is 3.56. The zero-order valence-electron chi connectivity index (χ0n) is 13.6. The minimum absolute atomic E-state index is 0.0981. The molecule has 3 rings (SSSR count). The van der Waals surface area contributed by atoms with E-state index in [1.807, 2.05) is 22.3 Å². The molecule has 24 heavy (non-hydrogen) atoms. The molecule has 1 aliphatic heterocycles. The van der Waals surface area contributed by atoms with Gasteiger partial charge in [0.1, 0.15) is 12.1 Å². The van der Waals surface area contributed by atoms with E-state index in [0.717, 1.165) is 34.5 Å². The largest absolute Gasteiger partial charge is 0.354 e. The molecule has 1 atom stereocenters. The van der Waals surface area contributed by atoms with Crippen molar-refractivity contribution in [2.75, 3.05) is 31.1 Å². The Hall–Kier alpha value is -2.25. The van der Waals surface area contributed by atoms with Crippen molar-refractivity contribution < 1.29 is 4.79 Å². The summed E-state index contributed by atoms with van der Waals surface area (Å²) in [5.41, 5.74) is 10.7. The van der Waals surface area contributed by atoms with Crippen molar-refractivity contribution in [2.45, 2.75) is 19.9 Å². The van der Waals surface area contributed by atoms with Gasteiger partial charge in [-0.15, -0.1) is 0 Å². The molecule has 9 heteroatoms. The molecular formula is C15H18BrN7O. The van der Waals surface area contributed by atoms with Gasteiger partial charge in [0.05, 0.1) is 17.8 Å². The number of halogens is 1. The maximum Gasteiger partial charge on any atom is 0.219 e. The third-order valence-corrected chi connectivity index (χ3v) is 4.99. The zero-order chi connectivity index (χ0) is 17.3. The molecular weight excluding hydrogens is 374 g/mol. The molecule has 0 saturated carbocycles. The summed E-state index contributed by atoms with van der Waals surface area (Å²) in [4.78, 5) is 22.8. The smallest absolute Gasteiger partial charge is 0.219 e. The van der Waals surface area contributed by atoms with Gasteiger partial charge in [0.15, 0.2) is 0 Å². The fourth-order valence-electron chi connectivity index (χ4n) is 3.07. The van der Waals surface area contributed by atoms with Crippen molar-refractivity contribution in [3.8, 4) is 0 Å². The first-order valence-corrected chi connectivity index (χ1v) is 8.51. The maximum absolute atomic E-state index is 11.5. The van der Waals surface area contributed by atoms with Crippen LogP contribution in [0.4, 0.5) is 5.82 Å².